The monoisotopic (exact) mass is 392 g/mol. The molecule has 0 aliphatic rings. The van der Waals surface area contributed by atoms with Gasteiger partial charge in [-0.05, 0) is 37.8 Å². The Bertz CT molecular complexity index is 652. The summed E-state index contributed by atoms with van der Waals surface area (Å²) in [5, 5.41) is 14.6. The SMILES string of the molecule is C=C(C)C[C@H](NC(=O)[C@H](CO)NC(=O)CCCCC(C)C)C(=O)c1ccco1. The third kappa shape index (κ3) is 8.52. The maximum atomic E-state index is 12.5. The van der Waals surface area contributed by atoms with Gasteiger partial charge in [0.25, 0.3) is 0 Å². The van der Waals surface area contributed by atoms with E-state index < -0.39 is 30.4 Å². The highest BCUT2D eigenvalue weighted by Gasteiger charge is 2.28. The van der Waals surface area contributed by atoms with Gasteiger partial charge in [-0.3, -0.25) is 14.4 Å². The van der Waals surface area contributed by atoms with Crippen molar-refractivity contribution in [3.8, 4) is 0 Å². The summed E-state index contributed by atoms with van der Waals surface area (Å²) >= 11 is 0. The van der Waals surface area contributed by atoms with Crippen molar-refractivity contribution in [2.75, 3.05) is 6.61 Å². The van der Waals surface area contributed by atoms with E-state index in [2.05, 4.69) is 31.1 Å². The Balaban J connectivity index is 2.64. The first-order valence-electron chi connectivity index (χ1n) is 9.67. The number of hydrogen-bond donors (Lipinski definition) is 3. The number of carbonyl (C=O) groups excluding carboxylic acids is 3. The molecular formula is C21H32N2O5. The van der Waals surface area contributed by atoms with Crippen molar-refractivity contribution in [1.29, 1.82) is 0 Å². The highest BCUT2D eigenvalue weighted by molar-refractivity contribution is 6.00. The average Bonchev–Trinajstić information content (AvgIpc) is 3.16. The predicted octanol–water partition coefficient (Wildman–Crippen LogP) is 2.61. The number of amides is 2. The van der Waals surface area contributed by atoms with Crippen LogP contribution < -0.4 is 10.6 Å². The van der Waals surface area contributed by atoms with Crippen LogP contribution in [0.25, 0.3) is 0 Å². The molecule has 0 saturated heterocycles. The minimum absolute atomic E-state index is 0.126. The molecule has 0 radical (unpaired) electrons. The number of aliphatic hydroxyl groups excluding tert-OH is 1. The highest BCUT2D eigenvalue weighted by Crippen LogP contribution is 2.11. The number of carbonyl (C=O) groups is 3. The number of hydrogen-bond acceptors (Lipinski definition) is 5. The van der Waals surface area contributed by atoms with Crippen LogP contribution >= 0.6 is 0 Å². The van der Waals surface area contributed by atoms with Crippen LogP contribution in [0, 0.1) is 5.92 Å². The maximum Gasteiger partial charge on any atom is 0.245 e. The second kappa shape index (κ2) is 12.1. The van der Waals surface area contributed by atoms with Crippen molar-refractivity contribution < 1.29 is 23.9 Å². The molecule has 0 aromatic carbocycles. The number of furan rings is 1. The lowest BCUT2D eigenvalue weighted by Gasteiger charge is -2.21. The summed E-state index contributed by atoms with van der Waals surface area (Å²) in [5.74, 6) is -0.605. The lowest BCUT2D eigenvalue weighted by Crippen LogP contribution is -2.53. The second-order valence-electron chi connectivity index (χ2n) is 7.51. The van der Waals surface area contributed by atoms with Crippen LogP contribution in [0.15, 0.2) is 35.0 Å². The van der Waals surface area contributed by atoms with Gasteiger partial charge in [0.2, 0.25) is 17.6 Å². The summed E-state index contributed by atoms with van der Waals surface area (Å²) in [7, 11) is 0. The Morgan fingerprint density at radius 3 is 2.43 bits per heavy atom. The van der Waals surface area contributed by atoms with E-state index in [4.69, 9.17) is 4.42 Å². The first-order valence-corrected chi connectivity index (χ1v) is 9.67. The van der Waals surface area contributed by atoms with Crippen molar-refractivity contribution in [2.24, 2.45) is 5.92 Å². The van der Waals surface area contributed by atoms with Gasteiger partial charge in [0.1, 0.15) is 6.04 Å². The molecule has 0 unspecified atom stereocenters. The Kier molecular flexibility index (Phi) is 10.2. The van der Waals surface area contributed by atoms with Crippen LogP contribution in [0.5, 0.6) is 0 Å². The summed E-state index contributed by atoms with van der Waals surface area (Å²) in [6.07, 6.45) is 4.58. The van der Waals surface area contributed by atoms with Gasteiger partial charge in [0.15, 0.2) is 5.76 Å². The Labute approximate surface area is 166 Å². The summed E-state index contributed by atoms with van der Waals surface area (Å²) in [5.41, 5.74) is 0.708. The summed E-state index contributed by atoms with van der Waals surface area (Å²) < 4.78 is 5.11. The van der Waals surface area contributed by atoms with Crippen molar-refractivity contribution in [3.05, 3.63) is 36.3 Å². The predicted molar refractivity (Wildman–Crippen MR) is 107 cm³/mol. The molecule has 1 aromatic rings. The molecule has 0 aliphatic carbocycles. The number of ketones is 1. The third-order valence-corrected chi connectivity index (χ3v) is 4.22. The largest absolute Gasteiger partial charge is 0.461 e. The van der Waals surface area contributed by atoms with Crippen LogP contribution in [-0.2, 0) is 9.59 Å². The highest BCUT2D eigenvalue weighted by atomic mass is 16.3. The van der Waals surface area contributed by atoms with Crippen LogP contribution in [0.2, 0.25) is 0 Å². The van der Waals surface area contributed by atoms with Crippen LogP contribution in [0.1, 0.15) is 63.4 Å². The Morgan fingerprint density at radius 1 is 1.18 bits per heavy atom. The molecule has 3 N–H and O–H groups in total. The van der Waals surface area contributed by atoms with Gasteiger partial charge in [-0.2, -0.15) is 0 Å². The van der Waals surface area contributed by atoms with Gasteiger partial charge in [-0.15, -0.1) is 6.58 Å². The van der Waals surface area contributed by atoms with E-state index in [1.165, 1.54) is 12.3 Å². The zero-order valence-electron chi connectivity index (χ0n) is 17.0. The van der Waals surface area contributed by atoms with Gasteiger partial charge >= 0.3 is 0 Å². The van der Waals surface area contributed by atoms with Gasteiger partial charge < -0.3 is 20.2 Å². The fourth-order valence-corrected chi connectivity index (χ4v) is 2.72. The summed E-state index contributed by atoms with van der Waals surface area (Å²) in [6.45, 7) is 9.22. The summed E-state index contributed by atoms with van der Waals surface area (Å²) in [4.78, 5) is 37.1. The topological polar surface area (TPSA) is 109 Å². The van der Waals surface area contributed by atoms with Gasteiger partial charge in [-0.25, -0.2) is 0 Å². The molecule has 0 spiro atoms. The molecular weight excluding hydrogens is 360 g/mol. The molecule has 2 amide bonds. The van der Waals surface area contributed by atoms with Gasteiger partial charge in [0.05, 0.1) is 18.9 Å². The van der Waals surface area contributed by atoms with Crippen molar-refractivity contribution in [1.82, 2.24) is 10.6 Å². The number of rotatable bonds is 13. The molecule has 0 aliphatic heterocycles. The molecule has 156 valence electrons. The molecule has 0 saturated carbocycles. The smallest absolute Gasteiger partial charge is 0.245 e. The van der Waals surface area contributed by atoms with Crippen molar-refractivity contribution in [3.63, 3.8) is 0 Å². The zero-order chi connectivity index (χ0) is 21.1. The number of aliphatic hydroxyl groups is 1. The van der Waals surface area contributed by atoms with E-state index in [9.17, 15) is 19.5 Å². The Morgan fingerprint density at radius 2 is 1.89 bits per heavy atom. The average molecular weight is 392 g/mol. The van der Waals surface area contributed by atoms with E-state index >= 15 is 0 Å². The lowest BCUT2D eigenvalue weighted by atomic mass is 10.0. The standard InChI is InChI=1S/C21H32N2O5/c1-14(2)8-5-6-10-19(25)22-17(13-24)21(27)23-16(12-15(3)4)20(26)18-9-7-11-28-18/h7,9,11,14,16-17,24H,3,5-6,8,10,12-13H2,1-2,4H3,(H,22,25)(H,23,27)/t16-,17-/m0/s1. The van der Waals surface area contributed by atoms with Crippen LogP contribution in [0.4, 0.5) is 0 Å². The third-order valence-electron chi connectivity index (χ3n) is 4.22. The summed E-state index contributed by atoms with van der Waals surface area (Å²) in [6, 6.07) is 1.11. The molecule has 7 nitrogen and oxygen atoms in total. The number of Topliss-reactive ketones (excluding diaryl/α,β-unsaturated/α-hetero) is 1. The second-order valence-corrected chi connectivity index (χ2v) is 7.51. The Hall–Kier alpha value is -2.41. The first-order chi connectivity index (χ1) is 13.2. The van der Waals surface area contributed by atoms with E-state index in [0.29, 0.717) is 11.5 Å². The maximum absolute atomic E-state index is 12.5. The van der Waals surface area contributed by atoms with Crippen molar-refractivity contribution >= 4 is 17.6 Å². The van der Waals surface area contributed by atoms with Crippen LogP contribution in [0.3, 0.4) is 0 Å². The van der Waals surface area contributed by atoms with E-state index in [0.717, 1.165) is 19.3 Å². The van der Waals surface area contributed by atoms with Gasteiger partial charge in [-0.1, -0.05) is 32.3 Å². The zero-order valence-corrected chi connectivity index (χ0v) is 17.0. The molecule has 7 heteroatoms. The molecule has 28 heavy (non-hydrogen) atoms. The molecule has 1 rings (SSSR count). The fraction of sp³-hybridized carbons (Fsp3) is 0.571. The van der Waals surface area contributed by atoms with E-state index in [-0.39, 0.29) is 24.5 Å². The minimum Gasteiger partial charge on any atom is -0.461 e. The minimum atomic E-state index is -1.12. The molecule has 0 bridgehead atoms. The quantitative estimate of drug-likeness (QED) is 0.272. The van der Waals surface area contributed by atoms with Gasteiger partial charge in [0, 0.05) is 6.42 Å². The molecule has 1 heterocycles. The van der Waals surface area contributed by atoms with E-state index in [1.807, 2.05) is 0 Å². The number of nitrogens with one attached hydrogen (secondary N) is 2. The molecule has 1 aromatic heterocycles. The number of unbranched alkanes of at least 4 members (excludes halogenated alkanes) is 1. The van der Waals surface area contributed by atoms with Crippen molar-refractivity contribution in [2.45, 2.75) is 65.0 Å². The lowest BCUT2D eigenvalue weighted by molar-refractivity contribution is -0.130. The van der Waals surface area contributed by atoms with Crippen LogP contribution in [-0.4, -0.2) is 41.4 Å². The fourth-order valence-electron chi connectivity index (χ4n) is 2.72. The van der Waals surface area contributed by atoms with E-state index in [1.54, 1.807) is 13.0 Å². The molecule has 0 fully saturated rings. The first kappa shape index (κ1) is 23.6. The molecule has 2 atom stereocenters. The normalized spacial score (nSPS) is 13.0.